The van der Waals surface area contributed by atoms with Gasteiger partial charge < -0.3 is 0 Å². The Morgan fingerprint density at radius 2 is 1.59 bits per heavy atom. The average Bonchev–Trinajstić information content (AvgIpc) is 2.74. The van der Waals surface area contributed by atoms with E-state index < -0.39 is 0 Å². The molecular weight excluding hydrogens is 274 g/mol. The molecule has 0 saturated carbocycles. The molecule has 0 aromatic heterocycles. The molecule has 22 heavy (non-hydrogen) atoms. The van der Waals surface area contributed by atoms with Gasteiger partial charge in [-0.2, -0.15) is 0 Å². The molecule has 2 amide bonds. The van der Waals surface area contributed by atoms with Gasteiger partial charge in [0, 0.05) is 7.05 Å². The topological polar surface area (TPSA) is 37.4 Å². The van der Waals surface area contributed by atoms with Crippen LogP contribution in [0.25, 0.3) is 0 Å². The van der Waals surface area contributed by atoms with E-state index >= 15 is 0 Å². The molecule has 1 heterocycles. The first-order valence-electron chi connectivity index (χ1n) is 7.01. The molecule has 1 aliphatic heterocycles. The summed E-state index contributed by atoms with van der Waals surface area (Å²) in [4.78, 5) is 26.0. The average molecular weight is 295 g/mol. The van der Waals surface area contributed by atoms with Crippen molar-refractivity contribution < 1.29 is 9.59 Å². The summed E-state index contributed by atoms with van der Waals surface area (Å²) in [5.74, 6) is -0.628. The molecule has 0 aromatic rings. The molecule has 0 atom stereocenters. The van der Waals surface area contributed by atoms with Crippen molar-refractivity contribution in [3.05, 3.63) is 84.1 Å². The molecule has 0 radical (unpaired) electrons. The lowest BCUT2D eigenvalue weighted by Crippen LogP contribution is -2.27. The molecule has 0 unspecified atom stereocenters. The number of likely N-dealkylation sites (N-methyl/N-ethyl adjacent to an activating group) is 1. The second-order valence-electron chi connectivity index (χ2n) is 4.61. The van der Waals surface area contributed by atoms with Crippen LogP contribution < -0.4 is 0 Å². The van der Waals surface area contributed by atoms with Gasteiger partial charge in [0.15, 0.2) is 0 Å². The summed E-state index contributed by atoms with van der Waals surface area (Å²) in [6.45, 7) is 11.1. The molecule has 0 aliphatic carbocycles. The van der Waals surface area contributed by atoms with Crippen LogP contribution in [0.15, 0.2) is 84.1 Å². The van der Waals surface area contributed by atoms with E-state index in [4.69, 9.17) is 0 Å². The lowest BCUT2D eigenvalue weighted by atomic mass is 9.95. The first-order chi connectivity index (χ1) is 10.5. The van der Waals surface area contributed by atoms with Crippen molar-refractivity contribution in [3.63, 3.8) is 0 Å². The summed E-state index contributed by atoms with van der Waals surface area (Å²) < 4.78 is 0. The number of rotatable bonds is 6. The molecule has 3 heteroatoms. The van der Waals surface area contributed by atoms with E-state index in [-0.39, 0.29) is 11.8 Å². The molecule has 0 bridgehead atoms. The molecule has 1 aliphatic rings. The summed E-state index contributed by atoms with van der Waals surface area (Å²) in [5, 5.41) is 0. The van der Waals surface area contributed by atoms with Crippen molar-refractivity contribution in [2.24, 2.45) is 0 Å². The predicted molar refractivity (Wildman–Crippen MR) is 91.0 cm³/mol. The molecule has 114 valence electrons. The first kappa shape index (κ1) is 17.4. The molecule has 3 nitrogen and oxygen atoms in total. The Labute approximate surface area is 132 Å². The molecule has 0 fully saturated rings. The van der Waals surface area contributed by atoms with Crippen LogP contribution in [0, 0.1) is 0 Å². The van der Waals surface area contributed by atoms with E-state index in [1.807, 2.05) is 26.0 Å². The van der Waals surface area contributed by atoms with Gasteiger partial charge in [-0.15, -0.1) is 0 Å². The zero-order valence-corrected chi connectivity index (χ0v) is 13.3. The van der Waals surface area contributed by atoms with Crippen LogP contribution in [-0.2, 0) is 9.59 Å². The third kappa shape index (κ3) is 3.31. The zero-order chi connectivity index (χ0) is 16.7. The van der Waals surface area contributed by atoms with Crippen molar-refractivity contribution in [2.75, 3.05) is 7.05 Å². The summed E-state index contributed by atoms with van der Waals surface area (Å²) >= 11 is 0. The van der Waals surface area contributed by atoms with E-state index in [2.05, 4.69) is 13.2 Å². The van der Waals surface area contributed by atoms with Crippen molar-refractivity contribution in [2.45, 2.75) is 13.8 Å². The fourth-order valence-electron chi connectivity index (χ4n) is 2.13. The van der Waals surface area contributed by atoms with Gasteiger partial charge in [-0.1, -0.05) is 61.8 Å². The maximum Gasteiger partial charge on any atom is 0.261 e. The van der Waals surface area contributed by atoms with Crippen molar-refractivity contribution >= 4 is 11.8 Å². The predicted octanol–water partition coefficient (Wildman–Crippen LogP) is 3.66. The largest absolute Gasteiger partial charge is 0.277 e. The van der Waals surface area contributed by atoms with E-state index in [1.165, 1.54) is 7.05 Å². The minimum Gasteiger partial charge on any atom is -0.277 e. The van der Waals surface area contributed by atoms with Gasteiger partial charge in [0.2, 0.25) is 0 Å². The number of allylic oxidation sites excluding steroid dienone is 8. The second-order valence-corrected chi connectivity index (χ2v) is 4.61. The number of nitrogens with zero attached hydrogens (tertiary/aromatic N) is 1. The Bertz CT molecular complexity index is 655. The number of imide groups is 1. The lowest BCUT2D eigenvalue weighted by molar-refractivity contribution is -0.135. The van der Waals surface area contributed by atoms with Gasteiger partial charge in [0.1, 0.15) is 0 Å². The van der Waals surface area contributed by atoms with Crippen LogP contribution >= 0.6 is 0 Å². The SMILES string of the molecule is C=C/C=C\C(=C/C)C1=C(/C(C=C)=C/C=C\C)C(=O)N(C)C1=O. The van der Waals surface area contributed by atoms with Crippen LogP contribution in [0.5, 0.6) is 0 Å². The molecule has 1 rings (SSSR count). The first-order valence-corrected chi connectivity index (χ1v) is 7.01. The third-order valence-corrected chi connectivity index (χ3v) is 3.28. The van der Waals surface area contributed by atoms with Gasteiger partial charge in [0.05, 0.1) is 11.1 Å². The van der Waals surface area contributed by atoms with Crippen molar-refractivity contribution in [3.8, 4) is 0 Å². The molecule has 0 aromatic carbocycles. The van der Waals surface area contributed by atoms with Crippen LogP contribution in [0.1, 0.15) is 13.8 Å². The van der Waals surface area contributed by atoms with Gasteiger partial charge in [-0.25, -0.2) is 0 Å². The van der Waals surface area contributed by atoms with Crippen molar-refractivity contribution in [1.29, 1.82) is 0 Å². The minimum absolute atomic E-state index is 0.310. The Morgan fingerprint density at radius 3 is 2.05 bits per heavy atom. The van der Waals surface area contributed by atoms with Crippen LogP contribution in [0.4, 0.5) is 0 Å². The van der Waals surface area contributed by atoms with E-state index in [1.54, 1.807) is 36.5 Å². The Hall–Kier alpha value is -2.68. The fraction of sp³-hybridized carbons (Fsp3) is 0.158. The van der Waals surface area contributed by atoms with Gasteiger partial charge in [0.25, 0.3) is 11.8 Å². The second kappa shape index (κ2) is 7.93. The summed E-state index contributed by atoms with van der Waals surface area (Å²) in [6.07, 6.45) is 14.0. The number of hydrogen-bond donors (Lipinski definition) is 0. The highest BCUT2D eigenvalue weighted by molar-refractivity contribution is 6.23. The number of amides is 2. The van der Waals surface area contributed by atoms with E-state index in [0.717, 1.165) is 4.90 Å². The fourth-order valence-corrected chi connectivity index (χ4v) is 2.13. The zero-order valence-electron chi connectivity index (χ0n) is 13.3. The van der Waals surface area contributed by atoms with Crippen LogP contribution in [-0.4, -0.2) is 23.8 Å². The van der Waals surface area contributed by atoms with E-state index in [9.17, 15) is 9.59 Å². The molecule has 0 spiro atoms. The lowest BCUT2D eigenvalue weighted by Gasteiger charge is -2.06. The Balaban J connectivity index is 3.62. The van der Waals surface area contributed by atoms with E-state index in [0.29, 0.717) is 22.3 Å². The smallest absolute Gasteiger partial charge is 0.261 e. The number of hydrogen-bond acceptors (Lipinski definition) is 2. The summed E-state index contributed by atoms with van der Waals surface area (Å²) in [6, 6.07) is 0. The highest BCUT2D eigenvalue weighted by atomic mass is 16.2. The maximum absolute atomic E-state index is 12.5. The normalized spacial score (nSPS) is 17.3. The summed E-state index contributed by atoms with van der Waals surface area (Å²) in [5.41, 5.74) is 2.08. The summed E-state index contributed by atoms with van der Waals surface area (Å²) in [7, 11) is 1.48. The van der Waals surface area contributed by atoms with Gasteiger partial charge in [-0.05, 0) is 25.0 Å². The Kier molecular flexibility index (Phi) is 6.26. The van der Waals surface area contributed by atoms with Gasteiger partial charge in [-0.3, -0.25) is 14.5 Å². The minimum atomic E-state index is -0.318. The highest BCUT2D eigenvalue weighted by Crippen LogP contribution is 2.31. The van der Waals surface area contributed by atoms with Gasteiger partial charge >= 0.3 is 0 Å². The number of carbonyl (C=O) groups is 2. The maximum atomic E-state index is 12.5. The number of carbonyl (C=O) groups excluding carboxylic acids is 2. The highest BCUT2D eigenvalue weighted by Gasteiger charge is 2.37. The third-order valence-electron chi connectivity index (χ3n) is 3.28. The molecular formula is C19H21NO2. The van der Waals surface area contributed by atoms with Crippen molar-refractivity contribution in [1.82, 2.24) is 4.90 Å². The monoisotopic (exact) mass is 295 g/mol. The molecule has 0 saturated heterocycles. The standard InChI is InChI=1S/C19H21NO2/c1-6-10-12-14(8-3)16-17(15(9-4)13-11-7-2)19(22)20(5)18(16)21/h6-13H,1,4H2,2-3,5H3/b11-7-,12-10-,14-8+,15-13+. The Morgan fingerprint density at radius 1 is 1.00 bits per heavy atom. The van der Waals surface area contributed by atoms with Crippen LogP contribution in [0.2, 0.25) is 0 Å². The molecule has 0 N–H and O–H groups in total. The van der Waals surface area contributed by atoms with Crippen LogP contribution in [0.3, 0.4) is 0 Å². The quantitative estimate of drug-likeness (QED) is 0.554.